The Bertz CT molecular complexity index is 258. The second-order valence-electron chi connectivity index (χ2n) is 5.88. The van der Waals surface area contributed by atoms with E-state index in [1.807, 2.05) is 0 Å². The van der Waals surface area contributed by atoms with Gasteiger partial charge in [0.2, 0.25) is 5.91 Å². The van der Waals surface area contributed by atoms with Crippen molar-refractivity contribution in [1.29, 1.82) is 0 Å². The predicted molar refractivity (Wildman–Crippen MR) is 73.4 cm³/mol. The summed E-state index contributed by atoms with van der Waals surface area (Å²) in [5.41, 5.74) is 0. The summed E-state index contributed by atoms with van der Waals surface area (Å²) in [5.74, 6) is 1.07. The molecule has 4 nitrogen and oxygen atoms in total. The van der Waals surface area contributed by atoms with E-state index in [2.05, 4.69) is 22.5 Å². The van der Waals surface area contributed by atoms with Crippen molar-refractivity contribution in [2.24, 2.45) is 11.8 Å². The minimum atomic E-state index is 0.241. The number of hydrogen-bond donors (Lipinski definition) is 2. The maximum atomic E-state index is 12.0. The molecule has 0 saturated carbocycles. The molecule has 0 aliphatic carbocycles. The zero-order valence-electron chi connectivity index (χ0n) is 11.6. The normalized spacial score (nSPS) is 24.1. The molecule has 0 aromatic carbocycles. The van der Waals surface area contributed by atoms with Gasteiger partial charge in [0, 0.05) is 19.0 Å². The Labute approximate surface area is 110 Å². The van der Waals surface area contributed by atoms with Gasteiger partial charge in [0.1, 0.15) is 0 Å². The van der Waals surface area contributed by atoms with Crippen molar-refractivity contribution < 1.29 is 4.79 Å². The molecule has 0 bridgehead atoms. The highest BCUT2D eigenvalue weighted by Crippen LogP contribution is 2.12. The van der Waals surface area contributed by atoms with Crippen LogP contribution in [0.4, 0.5) is 0 Å². The highest BCUT2D eigenvalue weighted by atomic mass is 16.1. The lowest BCUT2D eigenvalue weighted by Crippen LogP contribution is -2.41. The lowest BCUT2D eigenvalue weighted by atomic mass is 9.97. The Balaban J connectivity index is 1.61. The molecule has 0 spiro atoms. The third-order valence-electron chi connectivity index (χ3n) is 4.10. The topological polar surface area (TPSA) is 44.4 Å². The first-order chi connectivity index (χ1) is 8.75. The van der Waals surface area contributed by atoms with Gasteiger partial charge in [0.05, 0.1) is 0 Å². The van der Waals surface area contributed by atoms with Gasteiger partial charge >= 0.3 is 0 Å². The highest BCUT2D eigenvalue weighted by Gasteiger charge is 2.21. The van der Waals surface area contributed by atoms with Crippen LogP contribution in [0.3, 0.4) is 0 Å². The fourth-order valence-electron chi connectivity index (χ4n) is 2.97. The van der Waals surface area contributed by atoms with Gasteiger partial charge in [0.25, 0.3) is 0 Å². The number of likely N-dealkylation sites (tertiary alicyclic amines) is 1. The molecule has 2 aliphatic rings. The Morgan fingerprint density at radius 2 is 2.00 bits per heavy atom. The van der Waals surface area contributed by atoms with Gasteiger partial charge in [-0.15, -0.1) is 0 Å². The van der Waals surface area contributed by atoms with Crippen LogP contribution in [0.1, 0.15) is 32.6 Å². The molecule has 2 aliphatic heterocycles. The van der Waals surface area contributed by atoms with Crippen molar-refractivity contribution >= 4 is 5.91 Å². The van der Waals surface area contributed by atoms with Gasteiger partial charge in [0.15, 0.2) is 0 Å². The summed E-state index contributed by atoms with van der Waals surface area (Å²) >= 11 is 0. The molecule has 2 saturated heterocycles. The van der Waals surface area contributed by atoms with E-state index in [0.29, 0.717) is 5.92 Å². The molecule has 0 aromatic heterocycles. The molecule has 2 heterocycles. The number of rotatable bonds is 5. The van der Waals surface area contributed by atoms with Crippen molar-refractivity contribution in [1.82, 2.24) is 15.5 Å². The van der Waals surface area contributed by atoms with Gasteiger partial charge < -0.3 is 15.5 Å². The van der Waals surface area contributed by atoms with Crippen LogP contribution in [0, 0.1) is 11.8 Å². The summed E-state index contributed by atoms with van der Waals surface area (Å²) in [6.45, 7) is 8.66. The molecule has 2 fully saturated rings. The standard InChI is InChI=1S/C14H27N3O/c1-12(11-17-8-2-3-9-17)10-16-14(18)13-4-6-15-7-5-13/h12-13,15H,2-11H2,1H3,(H,16,18). The molecule has 1 atom stereocenters. The number of nitrogens with zero attached hydrogens (tertiary/aromatic N) is 1. The van der Waals surface area contributed by atoms with Crippen LogP contribution in [-0.2, 0) is 4.79 Å². The second kappa shape index (κ2) is 7.10. The lowest BCUT2D eigenvalue weighted by molar-refractivity contribution is -0.125. The SMILES string of the molecule is CC(CNC(=O)C1CCNCC1)CN1CCCC1. The molecular formula is C14H27N3O. The Hall–Kier alpha value is -0.610. The second-order valence-corrected chi connectivity index (χ2v) is 5.88. The quantitative estimate of drug-likeness (QED) is 0.763. The largest absolute Gasteiger partial charge is 0.356 e. The number of carbonyl (C=O) groups is 1. The molecule has 104 valence electrons. The van der Waals surface area contributed by atoms with Crippen molar-refractivity contribution in [3.8, 4) is 0 Å². The van der Waals surface area contributed by atoms with Crippen molar-refractivity contribution in [3.63, 3.8) is 0 Å². The van der Waals surface area contributed by atoms with Crippen molar-refractivity contribution in [3.05, 3.63) is 0 Å². The Morgan fingerprint density at radius 3 is 2.67 bits per heavy atom. The van der Waals surface area contributed by atoms with Crippen LogP contribution < -0.4 is 10.6 Å². The summed E-state index contributed by atoms with van der Waals surface area (Å²) in [7, 11) is 0. The molecule has 2 rings (SSSR count). The molecule has 4 heteroatoms. The van der Waals surface area contributed by atoms with E-state index in [0.717, 1.165) is 39.0 Å². The van der Waals surface area contributed by atoms with E-state index >= 15 is 0 Å². The first-order valence-electron chi connectivity index (χ1n) is 7.46. The van der Waals surface area contributed by atoms with E-state index < -0.39 is 0 Å². The number of amides is 1. The molecule has 1 amide bonds. The average Bonchev–Trinajstić information content (AvgIpc) is 2.90. The first kappa shape index (κ1) is 13.8. The monoisotopic (exact) mass is 253 g/mol. The molecule has 18 heavy (non-hydrogen) atoms. The number of hydrogen-bond acceptors (Lipinski definition) is 3. The first-order valence-corrected chi connectivity index (χ1v) is 7.46. The summed E-state index contributed by atoms with van der Waals surface area (Å²) in [6.07, 6.45) is 4.67. The zero-order valence-corrected chi connectivity index (χ0v) is 11.6. The third-order valence-corrected chi connectivity index (χ3v) is 4.10. The molecule has 1 unspecified atom stereocenters. The summed E-state index contributed by atoms with van der Waals surface area (Å²) in [4.78, 5) is 14.5. The van der Waals surface area contributed by atoms with E-state index in [1.165, 1.54) is 25.9 Å². The third kappa shape index (κ3) is 4.25. The van der Waals surface area contributed by atoms with Crippen molar-refractivity contribution in [2.75, 3.05) is 39.3 Å². The van der Waals surface area contributed by atoms with E-state index in [1.54, 1.807) is 0 Å². The minimum absolute atomic E-state index is 0.241. The minimum Gasteiger partial charge on any atom is -0.356 e. The van der Waals surface area contributed by atoms with Gasteiger partial charge in [-0.05, 0) is 57.8 Å². The van der Waals surface area contributed by atoms with Gasteiger partial charge in [-0.3, -0.25) is 4.79 Å². The van der Waals surface area contributed by atoms with Gasteiger partial charge in [-0.25, -0.2) is 0 Å². The van der Waals surface area contributed by atoms with Crippen LogP contribution in [0.25, 0.3) is 0 Å². The fraction of sp³-hybridized carbons (Fsp3) is 0.929. The summed E-state index contributed by atoms with van der Waals surface area (Å²) in [5, 5.41) is 6.43. The van der Waals surface area contributed by atoms with Gasteiger partial charge in [-0.2, -0.15) is 0 Å². The smallest absolute Gasteiger partial charge is 0.223 e. The highest BCUT2D eigenvalue weighted by molar-refractivity contribution is 5.78. The van der Waals surface area contributed by atoms with E-state index in [9.17, 15) is 4.79 Å². The number of carbonyl (C=O) groups excluding carboxylic acids is 1. The van der Waals surface area contributed by atoms with Crippen LogP contribution in [0.2, 0.25) is 0 Å². The summed E-state index contributed by atoms with van der Waals surface area (Å²) < 4.78 is 0. The lowest BCUT2D eigenvalue weighted by Gasteiger charge is -2.24. The maximum absolute atomic E-state index is 12.0. The fourth-order valence-corrected chi connectivity index (χ4v) is 2.97. The molecular weight excluding hydrogens is 226 g/mol. The van der Waals surface area contributed by atoms with Crippen LogP contribution in [-0.4, -0.2) is 50.1 Å². The molecule has 0 radical (unpaired) electrons. The van der Waals surface area contributed by atoms with Gasteiger partial charge in [-0.1, -0.05) is 6.92 Å². The van der Waals surface area contributed by atoms with Crippen LogP contribution >= 0.6 is 0 Å². The summed E-state index contributed by atoms with van der Waals surface area (Å²) in [6, 6.07) is 0. The van der Waals surface area contributed by atoms with E-state index in [4.69, 9.17) is 0 Å². The predicted octanol–water partition coefficient (Wildman–Crippen LogP) is 0.834. The van der Waals surface area contributed by atoms with Crippen molar-refractivity contribution in [2.45, 2.75) is 32.6 Å². The van der Waals surface area contributed by atoms with Crippen LogP contribution in [0.5, 0.6) is 0 Å². The molecule has 0 aromatic rings. The Morgan fingerprint density at radius 1 is 1.33 bits per heavy atom. The van der Waals surface area contributed by atoms with Crippen LogP contribution in [0.15, 0.2) is 0 Å². The maximum Gasteiger partial charge on any atom is 0.223 e. The van der Waals surface area contributed by atoms with E-state index in [-0.39, 0.29) is 11.8 Å². The average molecular weight is 253 g/mol. The number of piperidine rings is 1. The number of nitrogens with one attached hydrogen (secondary N) is 2. The zero-order chi connectivity index (χ0) is 12.8. The molecule has 2 N–H and O–H groups in total. The Kier molecular flexibility index (Phi) is 5.45.